The molecule has 2 aromatic heterocycles. The summed E-state index contributed by atoms with van der Waals surface area (Å²) in [7, 11) is 0. The zero-order chi connectivity index (χ0) is 25.9. The second-order valence-corrected chi connectivity index (χ2v) is 11.4. The lowest BCUT2D eigenvalue weighted by Crippen LogP contribution is -1.94. The van der Waals surface area contributed by atoms with Gasteiger partial charge >= 0.3 is 0 Å². The molecule has 39 heavy (non-hydrogen) atoms. The molecule has 0 bridgehead atoms. The number of fused-ring (bicyclic) bond motifs is 6. The third-order valence-corrected chi connectivity index (χ3v) is 9.15. The SMILES string of the molecule is Clc1cc(-c2cccc3c2sc2c(-c4ccccc4)cccc23)cc(-n2c3ccccc3c3ccccc32)c1. The van der Waals surface area contributed by atoms with Crippen LogP contribution in [0.5, 0.6) is 0 Å². The van der Waals surface area contributed by atoms with Crippen molar-refractivity contribution in [2.75, 3.05) is 0 Å². The molecule has 0 amide bonds. The van der Waals surface area contributed by atoms with Crippen LogP contribution in [0.25, 0.3) is 69.9 Å². The van der Waals surface area contributed by atoms with Gasteiger partial charge in [-0.25, -0.2) is 0 Å². The van der Waals surface area contributed by atoms with Gasteiger partial charge in [0.1, 0.15) is 0 Å². The number of rotatable bonds is 3. The normalized spacial score (nSPS) is 11.7. The average molecular weight is 536 g/mol. The number of hydrogen-bond acceptors (Lipinski definition) is 1. The van der Waals surface area contributed by atoms with E-state index in [4.69, 9.17) is 11.6 Å². The fourth-order valence-corrected chi connectivity index (χ4v) is 7.55. The number of halogens is 1. The number of aromatic nitrogens is 1. The van der Waals surface area contributed by atoms with Gasteiger partial charge in [-0.2, -0.15) is 0 Å². The molecule has 0 saturated heterocycles. The monoisotopic (exact) mass is 535 g/mol. The van der Waals surface area contributed by atoms with E-state index in [0.717, 1.165) is 16.3 Å². The van der Waals surface area contributed by atoms with Gasteiger partial charge in [-0.05, 0) is 52.6 Å². The van der Waals surface area contributed by atoms with Crippen LogP contribution in [0.2, 0.25) is 5.02 Å². The Morgan fingerprint density at radius 1 is 0.462 bits per heavy atom. The smallest absolute Gasteiger partial charge is 0.0541 e. The molecule has 0 fully saturated rings. The molecule has 0 N–H and O–H groups in total. The standard InChI is InChI=1S/C36H22ClNS/c37-25-20-24(21-26(22-25)38-33-18-6-4-12-29(33)30-13-5-7-19-34(30)38)28-15-9-17-32-31-16-8-14-27(35(31)39-36(28)32)23-10-2-1-3-11-23/h1-22H. The molecule has 3 heteroatoms. The van der Waals surface area contributed by atoms with E-state index in [9.17, 15) is 0 Å². The second kappa shape index (κ2) is 8.84. The van der Waals surface area contributed by atoms with E-state index in [-0.39, 0.29) is 0 Å². The molecule has 0 spiro atoms. The van der Waals surface area contributed by atoms with Crippen molar-refractivity contribution in [1.82, 2.24) is 4.57 Å². The van der Waals surface area contributed by atoms with Gasteiger partial charge in [0.25, 0.3) is 0 Å². The van der Waals surface area contributed by atoms with Crippen molar-refractivity contribution in [2.24, 2.45) is 0 Å². The van der Waals surface area contributed by atoms with Gasteiger partial charge in [0.05, 0.1) is 11.0 Å². The number of benzene rings is 6. The van der Waals surface area contributed by atoms with Crippen LogP contribution < -0.4 is 0 Å². The summed E-state index contributed by atoms with van der Waals surface area (Å²) in [5.41, 5.74) is 8.27. The van der Waals surface area contributed by atoms with Gasteiger partial charge < -0.3 is 4.57 Å². The summed E-state index contributed by atoms with van der Waals surface area (Å²) in [5, 5.41) is 5.79. The van der Waals surface area contributed by atoms with Gasteiger partial charge in [-0.1, -0.05) is 115 Å². The first-order chi connectivity index (χ1) is 19.3. The van der Waals surface area contributed by atoms with Gasteiger partial charge in [0.15, 0.2) is 0 Å². The van der Waals surface area contributed by atoms with E-state index in [2.05, 4.69) is 138 Å². The minimum Gasteiger partial charge on any atom is -0.309 e. The van der Waals surface area contributed by atoms with Gasteiger partial charge in [-0.3, -0.25) is 0 Å². The van der Waals surface area contributed by atoms with Crippen molar-refractivity contribution in [3.8, 4) is 27.9 Å². The average Bonchev–Trinajstić information content (AvgIpc) is 3.53. The quantitative estimate of drug-likeness (QED) is 0.212. The lowest BCUT2D eigenvalue weighted by Gasteiger charge is -2.12. The maximum Gasteiger partial charge on any atom is 0.0541 e. The molecular weight excluding hydrogens is 514 g/mol. The Hall–Kier alpha value is -4.37. The van der Waals surface area contributed by atoms with Crippen LogP contribution in [0.4, 0.5) is 0 Å². The highest BCUT2D eigenvalue weighted by atomic mass is 35.5. The fourth-order valence-electron chi connectivity index (χ4n) is 5.95. The van der Waals surface area contributed by atoms with Crippen LogP contribution in [-0.2, 0) is 0 Å². The van der Waals surface area contributed by atoms with Gasteiger partial charge in [0, 0.05) is 41.7 Å². The highest BCUT2D eigenvalue weighted by Gasteiger charge is 2.16. The molecule has 0 aliphatic rings. The Balaban J connectivity index is 1.38. The molecule has 0 unspecified atom stereocenters. The van der Waals surface area contributed by atoms with E-state index < -0.39 is 0 Å². The Morgan fingerprint density at radius 3 is 1.64 bits per heavy atom. The highest BCUT2D eigenvalue weighted by molar-refractivity contribution is 7.26. The molecule has 0 atom stereocenters. The lowest BCUT2D eigenvalue weighted by atomic mass is 10.00. The molecule has 0 saturated carbocycles. The molecule has 0 radical (unpaired) electrons. The van der Waals surface area contributed by atoms with Crippen molar-refractivity contribution in [3.05, 3.63) is 138 Å². The molecule has 0 aliphatic carbocycles. The number of thiophene rings is 1. The van der Waals surface area contributed by atoms with Crippen molar-refractivity contribution in [3.63, 3.8) is 0 Å². The summed E-state index contributed by atoms with van der Waals surface area (Å²) in [6.45, 7) is 0. The molecule has 1 nitrogen and oxygen atoms in total. The number of nitrogens with zero attached hydrogens (tertiary/aromatic N) is 1. The van der Waals surface area contributed by atoms with Gasteiger partial charge in [-0.15, -0.1) is 11.3 Å². The Bertz CT molecular complexity index is 2130. The van der Waals surface area contributed by atoms with E-state index in [1.54, 1.807) is 0 Å². The molecule has 6 aromatic carbocycles. The van der Waals surface area contributed by atoms with E-state index in [1.165, 1.54) is 58.7 Å². The summed E-state index contributed by atoms with van der Waals surface area (Å²) in [5.74, 6) is 0. The summed E-state index contributed by atoms with van der Waals surface area (Å²) in [4.78, 5) is 0. The topological polar surface area (TPSA) is 4.93 Å². The van der Waals surface area contributed by atoms with E-state index in [1.807, 2.05) is 11.3 Å². The zero-order valence-electron chi connectivity index (χ0n) is 20.9. The molecule has 2 heterocycles. The van der Waals surface area contributed by atoms with Crippen LogP contribution in [0, 0.1) is 0 Å². The van der Waals surface area contributed by atoms with Crippen molar-refractivity contribution in [1.29, 1.82) is 0 Å². The van der Waals surface area contributed by atoms with Crippen molar-refractivity contribution < 1.29 is 0 Å². The Kier molecular flexibility index (Phi) is 5.12. The lowest BCUT2D eigenvalue weighted by molar-refractivity contribution is 1.18. The van der Waals surface area contributed by atoms with E-state index in [0.29, 0.717) is 0 Å². The molecule has 8 aromatic rings. The first-order valence-electron chi connectivity index (χ1n) is 13.1. The predicted octanol–water partition coefficient (Wildman–Crippen LogP) is 11.1. The van der Waals surface area contributed by atoms with Crippen LogP contribution in [0.15, 0.2) is 133 Å². The predicted molar refractivity (Wildman–Crippen MR) is 170 cm³/mol. The largest absolute Gasteiger partial charge is 0.309 e. The van der Waals surface area contributed by atoms with Crippen LogP contribution in [0.1, 0.15) is 0 Å². The molecule has 0 aliphatic heterocycles. The third-order valence-electron chi connectivity index (χ3n) is 7.64. The Morgan fingerprint density at radius 2 is 1.00 bits per heavy atom. The second-order valence-electron chi connectivity index (χ2n) is 9.90. The third kappa shape index (κ3) is 3.53. The summed E-state index contributed by atoms with van der Waals surface area (Å²) in [6, 6.07) is 47.6. The minimum atomic E-state index is 0.729. The Labute approximate surface area is 235 Å². The van der Waals surface area contributed by atoms with Gasteiger partial charge in [0.2, 0.25) is 0 Å². The number of para-hydroxylation sites is 2. The van der Waals surface area contributed by atoms with Crippen LogP contribution in [0.3, 0.4) is 0 Å². The summed E-state index contributed by atoms with van der Waals surface area (Å²) >= 11 is 8.71. The summed E-state index contributed by atoms with van der Waals surface area (Å²) < 4.78 is 4.93. The first-order valence-corrected chi connectivity index (χ1v) is 14.2. The maximum atomic E-state index is 6.84. The van der Waals surface area contributed by atoms with Crippen molar-refractivity contribution >= 4 is 64.9 Å². The maximum absolute atomic E-state index is 6.84. The fraction of sp³-hybridized carbons (Fsp3) is 0. The van der Waals surface area contributed by atoms with Crippen LogP contribution in [-0.4, -0.2) is 4.57 Å². The highest BCUT2D eigenvalue weighted by Crippen LogP contribution is 2.44. The summed E-state index contributed by atoms with van der Waals surface area (Å²) in [6.07, 6.45) is 0. The molecule has 8 rings (SSSR count). The zero-order valence-corrected chi connectivity index (χ0v) is 22.5. The molecular formula is C36H22ClNS. The van der Waals surface area contributed by atoms with E-state index >= 15 is 0 Å². The molecule has 184 valence electrons. The van der Waals surface area contributed by atoms with Crippen LogP contribution >= 0.6 is 22.9 Å². The number of hydrogen-bond donors (Lipinski definition) is 0. The van der Waals surface area contributed by atoms with Crippen molar-refractivity contribution in [2.45, 2.75) is 0 Å². The minimum absolute atomic E-state index is 0.729. The first kappa shape index (κ1) is 22.6.